The molecule has 4 aliphatic rings. The van der Waals surface area contributed by atoms with Crippen LogP contribution < -0.4 is 10.4 Å². The number of piperidine rings is 3. The minimum Gasteiger partial charge on any atom is -0.515 e. The highest BCUT2D eigenvalue weighted by Crippen LogP contribution is 2.46. The molecule has 3 fully saturated rings. The number of aliphatic hydroxyl groups is 1. The van der Waals surface area contributed by atoms with Crippen molar-refractivity contribution in [2.24, 2.45) is 0 Å². The molecule has 7 rings (SSSR count). The molecule has 0 aliphatic carbocycles. The number of hydrazine groups is 1. The van der Waals surface area contributed by atoms with Crippen LogP contribution in [0.5, 0.6) is 0 Å². The highest BCUT2D eigenvalue weighted by atomic mass is 35.5. The third kappa shape index (κ3) is 9.61. The predicted octanol–water partition coefficient (Wildman–Crippen LogP) is 7.83. The Bertz CT molecular complexity index is 2080. The maximum Gasteiger partial charge on any atom is 0.243 e. The summed E-state index contributed by atoms with van der Waals surface area (Å²) >= 11 is 16.9. The van der Waals surface area contributed by atoms with E-state index in [0.717, 1.165) is 43.9 Å². The van der Waals surface area contributed by atoms with Gasteiger partial charge in [0.05, 0.1) is 39.9 Å². The Balaban J connectivity index is 0.000000182. The number of benzene rings is 2. The number of hydrogen-bond donors (Lipinski definition) is 3. The van der Waals surface area contributed by atoms with E-state index in [9.17, 15) is 26.7 Å². The number of carbonyl (C=O) groups is 1. The van der Waals surface area contributed by atoms with Gasteiger partial charge in [0, 0.05) is 57.3 Å². The van der Waals surface area contributed by atoms with Crippen LogP contribution in [0.4, 0.5) is 0 Å². The van der Waals surface area contributed by atoms with E-state index in [1.165, 1.54) is 34.3 Å². The number of fused-ring (bicyclic) bond motifs is 6. The smallest absolute Gasteiger partial charge is 0.243 e. The number of nitrogens with one attached hydrogen (secondary N) is 2. The summed E-state index contributed by atoms with van der Waals surface area (Å²) in [7, 11) is -7.30. The molecule has 0 amide bonds. The summed E-state index contributed by atoms with van der Waals surface area (Å²) in [6.07, 6.45) is 8.29. The Morgan fingerprint density at radius 2 is 1.24 bits per heavy atom. The van der Waals surface area contributed by atoms with E-state index in [-0.39, 0.29) is 51.9 Å². The molecule has 2 aromatic carbocycles. The first-order valence-corrected chi connectivity index (χ1v) is 22.4. The summed E-state index contributed by atoms with van der Waals surface area (Å²) in [6.45, 7) is 12.4. The molecule has 3 aromatic rings. The van der Waals surface area contributed by atoms with Gasteiger partial charge < -0.3 is 5.11 Å². The molecule has 302 valence electrons. The van der Waals surface area contributed by atoms with Crippen molar-refractivity contribution < 1.29 is 26.7 Å². The third-order valence-electron chi connectivity index (χ3n) is 10.1. The van der Waals surface area contributed by atoms with Gasteiger partial charge in [-0.25, -0.2) is 22.3 Å². The lowest BCUT2D eigenvalue weighted by atomic mass is 9.83. The second-order valence-corrected chi connectivity index (χ2v) is 21.0. The molecule has 3 N–H and O–H groups in total. The maximum absolute atomic E-state index is 13.4. The lowest BCUT2D eigenvalue weighted by molar-refractivity contribution is -0.119. The quantitative estimate of drug-likeness (QED) is 0.101. The van der Waals surface area contributed by atoms with Gasteiger partial charge in [-0.15, -0.1) is 0 Å². The normalized spacial score (nSPS) is 23.9. The van der Waals surface area contributed by atoms with Gasteiger partial charge in [0.25, 0.3) is 0 Å². The van der Waals surface area contributed by atoms with Crippen LogP contribution in [-0.2, 0) is 36.8 Å². The van der Waals surface area contributed by atoms with Gasteiger partial charge in [-0.3, -0.25) is 9.48 Å². The van der Waals surface area contributed by atoms with Crippen LogP contribution >= 0.6 is 35.0 Å². The summed E-state index contributed by atoms with van der Waals surface area (Å²) in [5.41, 5.74) is 5.19. The first-order valence-electron chi connectivity index (χ1n) is 18.4. The summed E-state index contributed by atoms with van der Waals surface area (Å²) in [5, 5.41) is 15.0. The molecule has 0 saturated carbocycles. The number of halogens is 3. The fourth-order valence-electron chi connectivity index (χ4n) is 7.75. The zero-order chi connectivity index (χ0) is 40.5. The molecule has 0 spiro atoms. The van der Waals surface area contributed by atoms with E-state index >= 15 is 0 Å². The number of nitrogens with zero attached hydrogens (tertiary/aromatic N) is 4. The summed E-state index contributed by atoms with van der Waals surface area (Å²) in [5.74, 6) is -0.167. The summed E-state index contributed by atoms with van der Waals surface area (Å²) in [4.78, 5) is 14.8. The third-order valence-corrected chi connectivity index (χ3v) is 14.7. The SMILES string of the molecule is CC(C)(C)NNCl.CC(C)(C)n1ncc2c1CC1CCCC2N1S(=O)(=O)c1ccc(Cl)cc1.O=C1CC2CCCC(/C1=C/O)N2S(=O)(=O)c1ccc(Cl)cc1. The zero-order valence-corrected chi connectivity index (χ0v) is 35.9. The number of Topliss-reactive ketones (excluding diaryl/α,β-unsaturated/α-hetero) is 1. The van der Waals surface area contributed by atoms with E-state index in [0.29, 0.717) is 27.8 Å². The number of carbonyl (C=O) groups excluding carboxylic acids is 1. The number of ketones is 1. The van der Waals surface area contributed by atoms with Crippen molar-refractivity contribution in [1.29, 1.82) is 0 Å². The molecule has 4 atom stereocenters. The zero-order valence-electron chi connectivity index (χ0n) is 32.0. The number of sulfonamides is 2. The molecule has 1 aromatic heterocycles. The topological polar surface area (TPSA) is 154 Å². The van der Waals surface area contributed by atoms with Crippen LogP contribution in [0.25, 0.3) is 0 Å². The molecule has 55 heavy (non-hydrogen) atoms. The minimum absolute atomic E-state index is 0.0141. The Morgan fingerprint density at radius 3 is 1.67 bits per heavy atom. The van der Waals surface area contributed by atoms with Gasteiger partial charge in [-0.2, -0.15) is 18.7 Å². The number of rotatable bonds is 5. The molecule has 4 unspecified atom stereocenters. The van der Waals surface area contributed by atoms with Crippen LogP contribution in [0, 0.1) is 0 Å². The van der Waals surface area contributed by atoms with Crippen molar-refractivity contribution >= 4 is 60.8 Å². The number of hydrogen-bond acceptors (Lipinski definition) is 9. The van der Waals surface area contributed by atoms with Crippen molar-refractivity contribution in [2.45, 2.75) is 138 Å². The number of aliphatic hydroxyl groups excluding tert-OH is 1. The molecule has 4 aliphatic heterocycles. The van der Waals surface area contributed by atoms with Crippen LogP contribution in [0.15, 0.2) is 76.4 Å². The average molecular weight is 858 g/mol. The lowest BCUT2D eigenvalue weighted by Gasteiger charge is -2.45. The van der Waals surface area contributed by atoms with Crippen LogP contribution in [0.2, 0.25) is 10.0 Å². The molecule has 12 nitrogen and oxygen atoms in total. The van der Waals surface area contributed by atoms with E-state index in [1.54, 1.807) is 28.6 Å². The van der Waals surface area contributed by atoms with E-state index < -0.39 is 26.1 Å². The molecular weight excluding hydrogens is 807 g/mol. The van der Waals surface area contributed by atoms with E-state index in [4.69, 9.17) is 35.0 Å². The van der Waals surface area contributed by atoms with Gasteiger partial charge in [-0.05, 0) is 140 Å². The Morgan fingerprint density at radius 1 is 0.764 bits per heavy atom. The first kappa shape index (κ1) is 43.6. The lowest BCUT2D eigenvalue weighted by Crippen LogP contribution is -2.56. The molecule has 5 heterocycles. The van der Waals surface area contributed by atoms with Gasteiger partial charge in [-0.1, -0.05) is 23.2 Å². The van der Waals surface area contributed by atoms with Crippen LogP contribution in [-0.4, -0.2) is 69.8 Å². The van der Waals surface area contributed by atoms with Crippen molar-refractivity contribution in [3.05, 3.63) is 87.9 Å². The van der Waals surface area contributed by atoms with Gasteiger partial charge >= 0.3 is 0 Å². The van der Waals surface area contributed by atoms with E-state index in [1.807, 2.05) is 27.0 Å². The largest absolute Gasteiger partial charge is 0.515 e. The molecular formula is C38H51Cl3N6O6S2. The van der Waals surface area contributed by atoms with Crippen molar-refractivity contribution in [3.63, 3.8) is 0 Å². The standard InChI is InChI=1S/C19H24ClN3O2S.C15H16ClNO4S.C4H11ClN2/c1-19(2,3)23-18-11-14-5-4-6-17(16(18)12-21-23)22(14)26(24,25)15-9-7-13(20)8-10-15;16-10-4-6-12(7-5-10)22(20,21)17-11-2-1-3-14(17)13(9-18)15(19)8-11;1-4(2,3)6-7-5/h7-10,12,14,17H,4-6,11H2,1-3H3;4-7,9,11,14,18H,1-3,8H2;6-7H,1-3H3/b;13-9-;. The predicted molar refractivity (Wildman–Crippen MR) is 216 cm³/mol. The second-order valence-electron chi connectivity index (χ2n) is 16.3. The Hall–Kier alpha value is -2.53. The highest BCUT2D eigenvalue weighted by molar-refractivity contribution is 7.89. The molecule has 4 bridgehead atoms. The molecule has 17 heteroatoms. The second kappa shape index (κ2) is 17.1. The Labute approximate surface area is 340 Å². The van der Waals surface area contributed by atoms with Crippen LogP contribution in [0.1, 0.15) is 104 Å². The average Bonchev–Trinajstić information content (AvgIpc) is 3.53. The van der Waals surface area contributed by atoms with E-state index in [2.05, 4.69) is 40.9 Å². The van der Waals surface area contributed by atoms with Crippen LogP contribution in [0.3, 0.4) is 0 Å². The Kier molecular flexibility index (Phi) is 13.6. The van der Waals surface area contributed by atoms with Crippen molar-refractivity contribution in [1.82, 2.24) is 28.8 Å². The van der Waals surface area contributed by atoms with Gasteiger partial charge in [0.2, 0.25) is 20.0 Å². The van der Waals surface area contributed by atoms with Crippen molar-refractivity contribution in [2.75, 3.05) is 0 Å². The fraction of sp³-hybridized carbons (Fsp3) is 0.526. The van der Waals surface area contributed by atoms with Gasteiger partial charge in [0.15, 0.2) is 5.78 Å². The summed E-state index contributed by atoms with van der Waals surface area (Å²) < 4.78 is 57.8. The maximum atomic E-state index is 13.4. The minimum atomic E-state index is -3.73. The first-order chi connectivity index (χ1) is 25.7. The monoisotopic (exact) mass is 856 g/mol. The molecule has 3 saturated heterocycles. The van der Waals surface area contributed by atoms with Gasteiger partial charge in [0.1, 0.15) is 0 Å². The molecule has 0 radical (unpaired) electrons. The van der Waals surface area contributed by atoms with Crippen molar-refractivity contribution in [3.8, 4) is 0 Å². The fourth-order valence-corrected chi connectivity index (χ4v) is 12.0. The highest BCUT2D eigenvalue weighted by Gasteiger charge is 2.48. The summed E-state index contributed by atoms with van der Waals surface area (Å²) in [6, 6.07) is 11.4. The number of aromatic nitrogens is 2.